The molecule has 2 heterocycles. The normalized spacial score (nSPS) is 14.2. The van der Waals surface area contributed by atoms with E-state index in [0.29, 0.717) is 62.3 Å². The molecular weight excluding hydrogens is 534 g/mol. The Morgan fingerprint density at radius 1 is 0.925 bits per heavy atom. The van der Waals surface area contributed by atoms with Crippen molar-refractivity contribution in [3.8, 4) is 34.4 Å². The molecule has 0 bridgehead atoms. The molecule has 0 saturated carbocycles. The van der Waals surface area contributed by atoms with E-state index in [9.17, 15) is 4.79 Å². The van der Waals surface area contributed by atoms with Crippen LogP contribution in [0, 0.1) is 0 Å². The molecule has 0 aliphatic carbocycles. The predicted octanol–water partition coefficient (Wildman–Crippen LogP) is 5.56. The zero-order chi connectivity index (χ0) is 28.4. The van der Waals surface area contributed by atoms with Crippen LogP contribution in [0.15, 0.2) is 71.9 Å². The maximum Gasteiger partial charge on any atom is 0.255 e. The smallest absolute Gasteiger partial charge is 0.255 e. The lowest BCUT2D eigenvalue weighted by Gasteiger charge is -2.29. The monoisotopic (exact) mass is 561 g/mol. The number of nitrogens with zero attached hydrogens (tertiary/aromatic N) is 3. The molecule has 1 aliphatic rings. The van der Waals surface area contributed by atoms with Gasteiger partial charge in [-0.15, -0.1) is 5.10 Å². The molecule has 0 fully saturated rings. The maximum atomic E-state index is 14.0. The minimum Gasteiger partial charge on any atom is -0.495 e. The molecule has 1 aromatic heterocycles. The summed E-state index contributed by atoms with van der Waals surface area (Å²) < 4.78 is 23.9. The van der Waals surface area contributed by atoms with Gasteiger partial charge in [0.2, 0.25) is 11.7 Å². The third-order valence-electron chi connectivity index (χ3n) is 6.56. The van der Waals surface area contributed by atoms with Crippen LogP contribution in [0.3, 0.4) is 0 Å². The van der Waals surface area contributed by atoms with Crippen LogP contribution < -0.4 is 29.6 Å². The number of methoxy groups -OCH3 is 4. The molecule has 0 saturated heterocycles. The SMILES string of the molecule is COc1ccccc1NC(=O)C1=C(C)Nc2nc(-c3ccc(Cl)cc3)nn2C1c1cc(OC)c(OC)c(OC)c1. The number of carbonyl (C=O) groups excluding carboxylic acids is 1. The van der Waals surface area contributed by atoms with Gasteiger partial charge >= 0.3 is 0 Å². The first-order valence-electron chi connectivity index (χ1n) is 12.3. The molecule has 1 amide bonds. The van der Waals surface area contributed by atoms with E-state index in [1.807, 2.05) is 31.2 Å². The third-order valence-corrected chi connectivity index (χ3v) is 6.81. The molecular formula is C29H28ClN5O5. The average Bonchev–Trinajstić information content (AvgIpc) is 3.39. The van der Waals surface area contributed by atoms with Crippen LogP contribution in [0.5, 0.6) is 23.0 Å². The standard InChI is InChI=1S/C29H28ClN5O5/c1-16-24(28(36)32-20-8-6-7-9-21(20)37-2)25(18-14-22(38-3)26(40-5)23(15-18)39-4)35-29(31-16)33-27(34-35)17-10-12-19(30)13-11-17/h6-15,25H,1-5H3,(H,32,36)(H,31,33,34). The van der Waals surface area contributed by atoms with Gasteiger partial charge in [0.1, 0.15) is 11.8 Å². The van der Waals surface area contributed by atoms with E-state index in [-0.39, 0.29) is 5.91 Å². The van der Waals surface area contributed by atoms with Crippen molar-refractivity contribution in [1.29, 1.82) is 0 Å². The molecule has 3 aromatic carbocycles. The van der Waals surface area contributed by atoms with Gasteiger partial charge in [-0.3, -0.25) is 4.79 Å². The number of carbonyl (C=O) groups is 1. The van der Waals surface area contributed by atoms with E-state index in [0.717, 1.165) is 5.56 Å². The zero-order valence-electron chi connectivity index (χ0n) is 22.6. The van der Waals surface area contributed by atoms with Gasteiger partial charge in [-0.25, -0.2) is 4.68 Å². The van der Waals surface area contributed by atoms with Gasteiger partial charge < -0.3 is 29.6 Å². The van der Waals surface area contributed by atoms with Gasteiger partial charge in [-0.1, -0.05) is 23.7 Å². The highest BCUT2D eigenvalue weighted by molar-refractivity contribution is 6.30. The van der Waals surface area contributed by atoms with Gasteiger partial charge in [-0.2, -0.15) is 4.98 Å². The second-order valence-electron chi connectivity index (χ2n) is 8.89. The third kappa shape index (κ3) is 4.89. The summed E-state index contributed by atoms with van der Waals surface area (Å²) in [5, 5.41) is 11.7. The number of amides is 1. The number of ether oxygens (including phenoxy) is 4. The number of anilines is 2. The van der Waals surface area contributed by atoms with Crippen molar-refractivity contribution in [3.05, 3.63) is 82.5 Å². The van der Waals surface area contributed by atoms with Crippen LogP contribution >= 0.6 is 11.6 Å². The van der Waals surface area contributed by atoms with Crippen LogP contribution in [0.4, 0.5) is 11.6 Å². The average molecular weight is 562 g/mol. The number of benzene rings is 3. The fourth-order valence-corrected chi connectivity index (χ4v) is 4.80. The first-order valence-corrected chi connectivity index (χ1v) is 12.7. The molecule has 1 atom stereocenters. The first kappa shape index (κ1) is 26.9. The highest BCUT2D eigenvalue weighted by Crippen LogP contribution is 2.44. The fourth-order valence-electron chi connectivity index (χ4n) is 4.67. The molecule has 4 aromatic rings. The predicted molar refractivity (Wildman–Crippen MR) is 153 cm³/mol. The van der Waals surface area contributed by atoms with Crippen molar-refractivity contribution in [2.75, 3.05) is 39.1 Å². The van der Waals surface area contributed by atoms with Crippen molar-refractivity contribution < 1.29 is 23.7 Å². The Morgan fingerprint density at radius 2 is 1.57 bits per heavy atom. The Kier molecular flexibility index (Phi) is 7.52. The van der Waals surface area contributed by atoms with E-state index in [1.54, 1.807) is 62.4 Å². The summed E-state index contributed by atoms with van der Waals surface area (Å²) in [5.74, 6) is 2.44. The highest BCUT2D eigenvalue weighted by Gasteiger charge is 2.36. The van der Waals surface area contributed by atoms with Crippen LogP contribution in [0.2, 0.25) is 5.02 Å². The van der Waals surface area contributed by atoms with Crippen molar-refractivity contribution in [3.63, 3.8) is 0 Å². The summed E-state index contributed by atoms with van der Waals surface area (Å²) in [6, 6.07) is 17.3. The molecule has 0 spiro atoms. The molecule has 0 radical (unpaired) electrons. The number of halogens is 1. The lowest BCUT2D eigenvalue weighted by Crippen LogP contribution is -2.31. The van der Waals surface area contributed by atoms with Gasteiger partial charge in [0.25, 0.3) is 5.91 Å². The fraction of sp³-hybridized carbons (Fsp3) is 0.207. The molecule has 5 rings (SSSR count). The molecule has 10 nitrogen and oxygen atoms in total. The summed E-state index contributed by atoms with van der Waals surface area (Å²) in [5.41, 5.74) is 3.00. The van der Waals surface area contributed by atoms with Crippen molar-refractivity contribution >= 4 is 29.1 Å². The molecule has 11 heteroatoms. The molecule has 206 valence electrons. The number of nitrogens with one attached hydrogen (secondary N) is 2. The Labute approximate surface area is 236 Å². The minimum absolute atomic E-state index is 0.345. The zero-order valence-corrected chi connectivity index (χ0v) is 23.4. The second kappa shape index (κ2) is 11.2. The van der Waals surface area contributed by atoms with Crippen LogP contribution in [0.1, 0.15) is 18.5 Å². The Hall–Kier alpha value is -4.70. The maximum absolute atomic E-state index is 14.0. The van der Waals surface area contributed by atoms with Crippen molar-refractivity contribution in [1.82, 2.24) is 14.8 Å². The quantitative estimate of drug-likeness (QED) is 0.288. The Morgan fingerprint density at radius 3 is 2.20 bits per heavy atom. The number of hydrogen-bond donors (Lipinski definition) is 2. The molecule has 1 unspecified atom stereocenters. The highest BCUT2D eigenvalue weighted by atomic mass is 35.5. The summed E-state index contributed by atoms with van der Waals surface area (Å²) in [6.07, 6.45) is 0. The van der Waals surface area contributed by atoms with Crippen LogP contribution in [-0.4, -0.2) is 49.1 Å². The van der Waals surface area contributed by atoms with Gasteiger partial charge in [0, 0.05) is 16.3 Å². The van der Waals surface area contributed by atoms with E-state index in [4.69, 9.17) is 40.6 Å². The van der Waals surface area contributed by atoms with Crippen LogP contribution in [-0.2, 0) is 4.79 Å². The molecule has 1 aliphatic heterocycles. The van der Waals surface area contributed by atoms with E-state index in [1.165, 1.54) is 7.11 Å². The largest absolute Gasteiger partial charge is 0.495 e. The number of aromatic nitrogens is 3. The lowest BCUT2D eigenvalue weighted by molar-refractivity contribution is -0.113. The number of allylic oxidation sites excluding steroid dienone is 1. The summed E-state index contributed by atoms with van der Waals surface area (Å²) >= 11 is 6.09. The van der Waals surface area contributed by atoms with Gasteiger partial charge in [0.05, 0.1) is 39.7 Å². The van der Waals surface area contributed by atoms with Crippen molar-refractivity contribution in [2.45, 2.75) is 13.0 Å². The topological polar surface area (TPSA) is 109 Å². The van der Waals surface area contributed by atoms with Gasteiger partial charge in [0.15, 0.2) is 17.3 Å². The Bertz CT molecular complexity index is 1570. The summed E-state index contributed by atoms with van der Waals surface area (Å²) in [6.45, 7) is 1.82. The summed E-state index contributed by atoms with van der Waals surface area (Å²) in [7, 11) is 6.17. The first-order chi connectivity index (χ1) is 19.4. The lowest BCUT2D eigenvalue weighted by atomic mass is 9.94. The molecule has 40 heavy (non-hydrogen) atoms. The number of fused-ring (bicyclic) bond motifs is 1. The Balaban J connectivity index is 1.67. The van der Waals surface area contributed by atoms with Crippen LogP contribution in [0.25, 0.3) is 11.4 Å². The second-order valence-corrected chi connectivity index (χ2v) is 9.33. The number of hydrogen-bond acceptors (Lipinski definition) is 8. The van der Waals surface area contributed by atoms with E-state index in [2.05, 4.69) is 10.6 Å². The minimum atomic E-state index is -0.701. The van der Waals surface area contributed by atoms with E-state index < -0.39 is 6.04 Å². The number of para-hydroxylation sites is 2. The van der Waals surface area contributed by atoms with E-state index >= 15 is 0 Å². The molecule has 2 N–H and O–H groups in total. The summed E-state index contributed by atoms with van der Waals surface area (Å²) in [4.78, 5) is 18.7. The van der Waals surface area contributed by atoms with Gasteiger partial charge in [-0.05, 0) is 61.0 Å². The number of rotatable bonds is 8. The van der Waals surface area contributed by atoms with Crippen molar-refractivity contribution in [2.24, 2.45) is 0 Å².